The molecule has 0 radical (unpaired) electrons. The third kappa shape index (κ3) is 4.53. The maximum Gasteiger partial charge on any atom is 0.101 e. The van der Waals surface area contributed by atoms with Crippen LogP contribution in [0.25, 0.3) is 0 Å². The zero-order valence-electron chi connectivity index (χ0n) is 13.3. The number of aryl methyl sites for hydroxylation is 1. The molecule has 0 aliphatic carbocycles. The molecule has 0 aliphatic rings. The minimum atomic E-state index is 0.574. The summed E-state index contributed by atoms with van der Waals surface area (Å²) in [6.45, 7) is 2.18. The Bertz CT molecular complexity index is 776. The molecule has 0 atom stereocenters. The van der Waals surface area contributed by atoms with Crippen molar-refractivity contribution in [3.8, 4) is 12.1 Å². The first-order chi connectivity index (χ1) is 11.3. The van der Waals surface area contributed by atoms with E-state index in [0.717, 1.165) is 18.4 Å². The summed E-state index contributed by atoms with van der Waals surface area (Å²) in [4.78, 5) is 4.39. The molecule has 2 aromatic carbocycles. The van der Waals surface area contributed by atoms with Crippen molar-refractivity contribution in [3.63, 3.8) is 0 Å². The molecule has 23 heavy (non-hydrogen) atoms. The van der Waals surface area contributed by atoms with Crippen LogP contribution in [-0.2, 0) is 6.42 Å². The summed E-state index contributed by atoms with van der Waals surface area (Å²) in [6, 6.07) is 17.5. The Kier molecular flexibility index (Phi) is 6.09. The molecular weight excluding hydrogens is 282 g/mol. The van der Waals surface area contributed by atoms with E-state index in [9.17, 15) is 5.26 Å². The minimum Gasteiger partial charge on any atom is -0.255 e. The van der Waals surface area contributed by atoms with E-state index in [1.54, 1.807) is 12.3 Å². The average Bonchev–Trinajstić information content (AvgIpc) is 2.60. The van der Waals surface area contributed by atoms with Gasteiger partial charge in [-0.25, -0.2) is 0 Å². The smallest absolute Gasteiger partial charge is 0.101 e. The molecule has 0 fully saturated rings. The van der Waals surface area contributed by atoms with E-state index in [1.807, 2.05) is 36.4 Å². The summed E-state index contributed by atoms with van der Waals surface area (Å²) in [5, 5.41) is 18.4. The summed E-state index contributed by atoms with van der Waals surface area (Å²) in [6.07, 6.45) is 6.16. The Morgan fingerprint density at radius 1 is 1.00 bits per heavy atom. The van der Waals surface area contributed by atoms with E-state index in [-0.39, 0.29) is 0 Å². The van der Waals surface area contributed by atoms with Crippen molar-refractivity contribution in [2.75, 3.05) is 0 Å². The highest BCUT2D eigenvalue weighted by Crippen LogP contribution is 2.21. The Morgan fingerprint density at radius 2 is 1.78 bits per heavy atom. The van der Waals surface area contributed by atoms with Crippen LogP contribution in [0.1, 0.15) is 48.4 Å². The Hall–Kier alpha value is -2.91. The first-order valence-corrected chi connectivity index (χ1v) is 7.84. The summed E-state index contributed by atoms with van der Waals surface area (Å²) in [5.74, 6) is 0. The third-order valence-corrected chi connectivity index (χ3v) is 3.67. The van der Waals surface area contributed by atoms with Gasteiger partial charge in [0.2, 0.25) is 0 Å². The van der Waals surface area contributed by atoms with Crippen LogP contribution in [0.5, 0.6) is 0 Å². The van der Waals surface area contributed by atoms with Crippen LogP contribution < -0.4 is 0 Å². The predicted molar refractivity (Wildman–Crippen MR) is 92.8 cm³/mol. The number of aliphatic imine (C=N–C) groups is 1. The molecule has 3 nitrogen and oxygen atoms in total. The maximum atomic E-state index is 9.34. The van der Waals surface area contributed by atoms with Gasteiger partial charge in [-0.05, 0) is 36.6 Å². The topological polar surface area (TPSA) is 59.9 Å². The number of benzene rings is 2. The predicted octanol–water partition coefficient (Wildman–Crippen LogP) is 4.91. The highest BCUT2D eigenvalue weighted by molar-refractivity contribution is 5.85. The van der Waals surface area contributed by atoms with E-state index < -0.39 is 0 Å². The Labute approximate surface area is 137 Å². The highest BCUT2D eigenvalue weighted by Gasteiger charge is 2.03. The molecule has 3 heteroatoms. The summed E-state index contributed by atoms with van der Waals surface area (Å²) < 4.78 is 0. The number of nitrogens with zero attached hydrogens (tertiary/aromatic N) is 3. The maximum absolute atomic E-state index is 9.34. The van der Waals surface area contributed by atoms with Gasteiger partial charge >= 0.3 is 0 Å². The first-order valence-electron chi connectivity index (χ1n) is 7.84. The van der Waals surface area contributed by atoms with Gasteiger partial charge in [-0.2, -0.15) is 10.5 Å². The van der Waals surface area contributed by atoms with E-state index in [4.69, 9.17) is 5.26 Å². The Morgan fingerprint density at radius 3 is 2.52 bits per heavy atom. The standard InChI is InChI=1S/C20H19N3/c1-2-3-4-7-16-10-11-20(19(12-16)14-22)23-15-18-9-6-5-8-17(18)13-21/h5-6,8-12,15H,2-4,7H2,1H3. The van der Waals surface area contributed by atoms with Gasteiger partial charge in [0.15, 0.2) is 0 Å². The lowest BCUT2D eigenvalue weighted by atomic mass is 10.0. The number of hydrogen-bond acceptors (Lipinski definition) is 3. The van der Waals surface area contributed by atoms with Gasteiger partial charge in [-0.3, -0.25) is 4.99 Å². The summed E-state index contributed by atoms with van der Waals surface area (Å²) in [7, 11) is 0. The van der Waals surface area contributed by atoms with E-state index in [0.29, 0.717) is 16.8 Å². The van der Waals surface area contributed by atoms with E-state index in [1.165, 1.54) is 18.4 Å². The molecule has 0 aliphatic heterocycles. The van der Waals surface area contributed by atoms with Crippen molar-refractivity contribution >= 4 is 11.9 Å². The van der Waals surface area contributed by atoms with Crippen molar-refractivity contribution < 1.29 is 0 Å². The van der Waals surface area contributed by atoms with Gasteiger partial charge in [-0.15, -0.1) is 0 Å². The normalized spacial score (nSPS) is 10.4. The van der Waals surface area contributed by atoms with Crippen LogP contribution in [0, 0.1) is 22.7 Å². The fourth-order valence-corrected chi connectivity index (χ4v) is 2.37. The molecule has 0 saturated carbocycles. The molecule has 2 aromatic rings. The van der Waals surface area contributed by atoms with Gasteiger partial charge in [0, 0.05) is 11.8 Å². The van der Waals surface area contributed by atoms with Crippen molar-refractivity contribution in [3.05, 3.63) is 64.7 Å². The van der Waals surface area contributed by atoms with Gasteiger partial charge in [-0.1, -0.05) is 44.0 Å². The van der Waals surface area contributed by atoms with Crippen molar-refractivity contribution in [2.45, 2.75) is 32.6 Å². The molecule has 0 spiro atoms. The van der Waals surface area contributed by atoms with Crippen LogP contribution in [0.15, 0.2) is 47.5 Å². The lowest BCUT2D eigenvalue weighted by Crippen LogP contribution is -1.89. The van der Waals surface area contributed by atoms with Crippen LogP contribution in [0.2, 0.25) is 0 Å². The monoisotopic (exact) mass is 301 g/mol. The lowest BCUT2D eigenvalue weighted by Gasteiger charge is -2.04. The molecule has 0 bridgehead atoms. The fraction of sp³-hybridized carbons (Fsp3) is 0.250. The van der Waals surface area contributed by atoms with Crippen LogP contribution in [0.3, 0.4) is 0 Å². The van der Waals surface area contributed by atoms with Gasteiger partial charge in [0.1, 0.15) is 6.07 Å². The molecule has 0 aromatic heterocycles. The largest absolute Gasteiger partial charge is 0.255 e. The highest BCUT2D eigenvalue weighted by atomic mass is 14.7. The van der Waals surface area contributed by atoms with Gasteiger partial charge < -0.3 is 0 Å². The van der Waals surface area contributed by atoms with E-state index in [2.05, 4.69) is 24.1 Å². The lowest BCUT2D eigenvalue weighted by molar-refractivity contribution is 0.717. The molecule has 0 N–H and O–H groups in total. The van der Waals surface area contributed by atoms with Crippen molar-refractivity contribution in [1.82, 2.24) is 0 Å². The second-order valence-corrected chi connectivity index (χ2v) is 5.38. The minimum absolute atomic E-state index is 0.574. The van der Waals surface area contributed by atoms with Gasteiger partial charge in [0.05, 0.1) is 22.9 Å². The molecule has 0 amide bonds. The molecular formula is C20H19N3. The average molecular weight is 301 g/mol. The van der Waals surface area contributed by atoms with Crippen LogP contribution >= 0.6 is 0 Å². The SMILES string of the molecule is CCCCCc1ccc(N=Cc2ccccc2C#N)c(C#N)c1. The number of unbranched alkanes of at least 4 members (excludes halogenated alkanes) is 2. The molecule has 0 unspecified atom stereocenters. The third-order valence-electron chi connectivity index (χ3n) is 3.67. The zero-order chi connectivity index (χ0) is 16.5. The molecule has 114 valence electrons. The second kappa shape index (κ2) is 8.51. The second-order valence-electron chi connectivity index (χ2n) is 5.38. The molecule has 0 saturated heterocycles. The quantitative estimate of drug-likeness (QED) is 0.562. The summed E-state index contributed by atoms with van der Waals surface area (Å²) >= 11 is 0. The fourth-order valence-electron chi connectivity index (χ4n) is 2.37. The van der Waals surface area contributed by atoms with Crippen LogP contribution in [-0.4, -0.2) is 6.21 Å². The van der Waals surface area contributed by atoms with Crippen molar-refractivity contribution in [2.24, 2.45) is 4.99 Å². The van der Waals surface area contributed by atoms with E-state index >= 15 is 0 Å². The zero-order valence-corrected chi connectivity index (χ0v) is 13.3. The Balaban J connectivity index is 2.21. The number of rotatable bonds is 6. The first kappa shape index (κ1) is 16.5. The number of nitriles is 2. The number of hydrogen-bond donors (Lipinski definition) is 0. The van der Waals surface area contributed by atoms with Gasteiger partial charge in [0.25, 0.3) is 0 Å². The van der Waals surface area contributed by atoms with Crippen molar-refractivity contribution in [1.29, 1.82) is 10.5 Å². The summed E-state index contributed by atoms with van der Waals surface area (Å²) in [5.41, 5.74) is 3.72. The van der Waals surface area contributed by atoms with Crippen LogP contribution in [0.4, 0.5) is 5.69 Å². The molecule has 2 rings (SSSR count). The molecule has 0 heterocycles.